The van der Waals surface area contributed by atoms with Crippen LogP contribution in [-0.2, 0) is 11.2 Å². The first-order valence-electron chi connectivity index (χ1n) is 4.68. The Labute approximate surface area is 95.8 Å². The van der Waals surface area contributed by atoms with Crippen molar-refractivity contribution in [2.24, 2.45) is 5.73 Å². The number of ketones is 1. The van der Waals surface area contributed by atoms with Gasteiger partial charge < -0.3 is 10.7 Å². The van der Waals surface area contributed by atoms with Crippen LogP contribution in [-0.4, -0.2) is 17.3 Å². The van der Waals surface area contributed by atoms with Crippen LogP contribution >= 0.6 is 15.9 Å². The molecule has 1 aromatic carbocycles. The van der Waals surface area contributed by atoms with Crippen LogP contribution in [0.3, 0.4) is 0 Å². The number of nitrogens with one attached hydrogen (secondary N) is 1. The van der Waals surface area contributed by atoms with Crippen LogP contribution in [0.2, 0.25) is 0 Å². The Hall–Kier alpha value is -1.13. The van der Waals surface area contributed by atoms with Crippen LogP contribution in [0.25, 0.3) is 10.9 Å². The molecule has 3 nitrogen and oxygen atoms in total. The molecule has 1 heterocycles. The van der Waals surface area contributed by atoms with E-state index in [4.69, 9.17) is 5.73 Å². The molecule has 0 unspecified atom stereocenters. The van der Waals surface area contributed by atoms with Crippen molar-refractivity contribution in [3.05, 3.63) is 34.4 Å². The zero-order chi connectivity index (χ0) is 10.8. The van der Waals surface area contributed by atoms with E-state index in [2.05, 4.69) is 20.9 Å². The molecule has 3 N–H and O–H groups in total. The van der Waals surface area contributed by atoms with Gasteiger partial charge in [0.15, 0.2) is 5.78 Å². The molecule has 0 saturated heterocycles. The summed E-state index contributed by atoms with van der Waals surface area (Å²) in [5.41, 5.74) is 7.32. The van der Waals surface area contributed by atoms with Crippen molar-refractivity contribution in [2.75, 3.05) is 6.54 Å². The third kappa shape index (κ3) is 1.96. The van der Waals surface area contributed by atoms with Gasteiger partial charge in [0.1, 0.15) is 0 Å². The molecule has 0 bridgehead atoms. The Morgan fingerprint density at radius 1 is 1.47 bits per heavy atom. The van der Waals surface area contributed by atoms with Crippen LogP contribution < -0.4 is 5.73 Å². The van der Waals surface area contributed by atoms with Gasteiger partial charge in [-0.2, -0.15) is 0 Å². The Morgan fingerprint density at radius 2 is 2.27 bits per heavy atom. The smallest absolute Gasteiger partial charge is 0.150 e. The number of aromatic nitrogens is 1. The van der Waals surface area contributed by atoms with Crippen LogP contribution in [0.4, 0.5) is 0 Å². The highest BCUT2D eigenvalue weighted by molar-refractivity contribution is 9.10. The zero-order valence-corrected chi connectivity index (χ0v) is 9.67. The number of fused-ring (bicyclic) bond motifs is 1. The lowest BCUT2D eigenvalue weighted by Gasteiger charge is -1.97. The summed E-state index contributed by atoms with van der Waals surface area (Å²) in [4.78, 5) is 14.4. The first kappa shape index (κ1) is 10.4. The predicted octanol–water partition coefficient (Wildman–Crippen LogP) is 2.00. The summed E-state index contributed by atoms with van der Waals surface area (Å²) in [5.74, 6) is 0.0517. The minimum absolute atomic E-state index is 0.0517. The number of carbonyl (C=O) groups is 1. The average molecular weight is 267 g/mol. The third-order valence-electron chi connectivity index (χ3n) is 2.37. The molecule has 2 aromatic rings. The fraction of sp³-hybridized carbons (Fsp3) is 0.182. The van der Waals surface area contributed by atoms with Crippen LogP contribution in [0.5, 0.6) is 0 Å². The fourth-order valence-corrected chi connectivity index (χ4v) is 2.09. The number of halogens is 1. The number of H-pyrrole nitrogens is 1. The lowest BCUT2D eigenvalue weighted by molar-refractivity contribution is -0.117. The van der Waals surface area contributed by atoms with Crippen LogP contribution in [0.1, 0.15) is 5.56 Å². The van der Waals surface area contributed by atoms with Crippen LogP contribution in [0, 0.1) is 0 Å². The van der Waals surface area contributed by atoms with E-state index in [-0.39, 0.29) is 12.3 Å². The van der Waals surface area contributed by atoms with E-state index in [1.807, 2.05) is 24.4 Å². The topological polar surface area (TPSA) is 58.9 Å². The summed E-state index contributed by atoms with van der Waals surface area (Å²) in [6.07, 6.45) is 2.26. The summed E-state index contributed by atoms with van der Waals surface area (Å²) in [7, 11) is 0. The van der Waals surface area contributed by atoms with Crippen molar-refractivity contribution in [3.63, 3.8) is 0 Å². The molecular formula is C11H11BrN2O. The van der Waals surface area contributed by atoms with Crippen molar-refractivity contribution in [1.82, 2.24) is 4.98 Å². The summed E-state index contributed by atoms with van der Waals surface area (Å²) < 4.78 is 1.01. The molecular weight excluding hydrogens is 256 g/mol. The second kappa shape index (κ2) is 4.16. The number of nitrogens with two attached hydrogens (primary N) is 1. The molecule has 0 aliphatic rings. The van der Waals surface area contributed by atoms with E-state index in [9.17, 15) is 4.79 Å². The number of aromatic amines is 1. The van der Waals surface area contributed by atoms with E-state index in [0.717, 1.165) is 20.9 Å². The van der Waals surface area contributed by atoms with Crippen molar-refractivity contribution in [2.45, 2.75) is 6.42 Å². The number of rotatable bonds is 3. The van der Waals surface area contributed by atoms with E-state index in [1.165, 1.54) is 0 Å². The first-order chi connectivity index (χ1) is 7.22. The van der Waals surface area contributed by atoms with Gasteiger partial charge in [-0.15, -0.1) is 0 Å². The molecule has 78 valence electrons. The standard InChI is InChI=1S/C11H11BrN2O/c12-10-3-1-2-9-7(4-8(15)5-13)6-14-11(9)10/h1-3,6,14H,4-5,13H2. The molecule has 0 amide bonds. The Morgan fingerprint density at radius 3 is 3.00 bits per heavy atom. The summed E-state index contributed by atoms with van der Waals surface area (Å²) in [6, 6.07) is 5.92. The maximum atomic E-state index is 11.3. The summed E-state index contributed by atoms with van der Waals surface area (Å²) in [6.45, 7) is 0.0979. The Kier molecular flexibility index (Phi) is 2.88. The number of hydrogen-bond acceptors (Lipinski definition) is 2. The van der Waals surface area contributed by atoms with Crippen molar-refractivity contribution < 1.29 is 4.79 Å². The maximum absolute atomic E-state index is 11.3. The summed E-state index contributed by atoms with van der Waals surface area (Å²) in [5, 5.41) is 1.08. The molecule has 0 radical (unpaired) electrons. The van der Waals surface area contributed by atoms with Gasteiger partial charge in [-0.1, -0.05) is 12.1 Å². The minimum atomic E-state index is 0.0517. The predicted molar refractivity (Wildman–Crippen MR) is 63.8 cm³/mol. The molecule has 0 fully saturated rings. The molecule has 0 saturated carbocycles. The van der Waals surface area contributed by atoms with E-state index in [1.54, 1.807) is 0 Å². The molecule has 0 aliphatic carbocycles. The normalized spacial score (nSPS) is 10.8. The van der Waals surface area contributed by atoms with Gasteiger partial charge in [-0.05, 0) is 27.6 Å². The zero-order valence-electron chi connectivity index (χ0n) is 8.09. The molecule has 4 heteroatoms. The van der Waals surface area contributed by atoms with Gasteiger partial charge in [-0.25, -0.2) is 0 Å². The number of para-hydroxylation sites is 1. The van der Waals surface area contributed by atoms with Gasteiger partial charge in [0.05, 0.1) is 12.1 Å². The van der Waals surface area contributed by atoms with Crippen molar-refractivity contribution in [3.8, 4) is 0 Å². The highest BCUT2D eigenvalue weighted by Crippen LogP contribution is 2.25. The van der Waals surface area contributed by atoms with E-state index >= 15 is 0 Å². The molecule has 0 aliphatic heterocycles. The first-order valence-corrected chi connectivity index (χ1v) is 5.48. The lowest BCUT2D eigenvalue weighted by Crippen LogP contribution is -2.15. The number of Topliss-reactive ketones (excluding diaryl/α,β-unsaturated/α-hetero) is 1. The highest BCUT2D eigenvalue weighted by atomic mass is 79.9. The average Bonchev–Trinajstić information content (AvgIpc) is 2.63. The molecule has 1 aromatic heterocycles. The SMILES string of the molecule is NCC(=O)Cc1c[nH]c2c(Br)cccc12. The number of hydrogen-bond donors (Lipinski definition) is 2. The van der Waals surface area contributed by atoms with E-state index < -0.39 is 0 Å². The van der Waals surface area contributed by atoms with E-state index in [0.29, 0.717) is 6.42 Å². The lowest BCUT2D eigenvalue weighted by atomic mass is 10.1. The molecule has 2 rings (SSSR count). The maximum Gasteiger partial charge on any atom is 0.150 e. The Bertz CT molecular complexity index is 504. The minimum Gasteiger partial charge on any atom is -0.360 e. The largest absolute Gasteiger partial charge is 0.360 e. The highest BCUT2D eigenvalue weighted by Gasteiger charge is 2.08. The molecule has 0 spiro atoms. The Balaban J connectivity index is 2.45. The fourth-order valence-electron chi connectivity index (χ4n) is 1.61. The van der Waals surface area contributed by atoms with Gasteiger partial charge in [0, 0.05) is 22.5 Å². The van der Waals surface area contributed by atoms with Gasteiger partial charge >= 0.3 is 0 Å². The summed E-state index contributed by atoms with van der Waals surface area (Å²) >= 11 is 3.45. The number of carbonyl (C=O) groups excluding carboxylic acids is 1. The van der Waals surface area contributed by atoms with Gasteiger partial charge in [0.2, 0.25) is 0 Å². The molecule has 15 heavy (non-hydrogen) atoms. The van der Waals surface area contributed by atoms with Crippen LogP contribution in [0.15, 0.2) is 28.9 Å². The third-order valence-corrected chi connectivity index (χ3v) is 3.03. The quantitative estimate of drug-likeness (QED) is 0.893. The van der Waals surface area contributed by atoms with Gasteiger partial charge in [0.25, 0.3) is 0 Å². The van der Waals surface area contributed by atoms with Crippen molar-refractivity contribution >= 4 is 32.6 Å². The van der Waals surface area contributed by atoms with Crippen molar-refractivity contribution in [1.29, 1.82) is 0 Å². The second-order valence-electron chi connectivity index (χ2n) is 3.40. The number of benzene rings is 1. The second-order valence-corrected chi connectivity index (χ2v) is 4.25. The monoisotopic (exact) mass is 266 g/mol. The molecule has 0 atom stereocenters. The van der Waals surface area contributed by atoms with Gasteiger partial charge in [-0.3, -0.25) is 4.79 Å².